The summed E-state index contributed by atoms with van der Waals surface area (Å²) in [5.74, 6) is 0.407. The number of anilines is 1. The lowest BCUT2D eigenvalue weighted by Gasteiger charge is -2.27. The summed E-state index contributed by atoms with van der Waals surface area (Å²) in [7, 11) is -1.68. The first-order valence-corrected chi connectivity index (χ1v) is 10.4. The van der Waals surface area contributed by atoms with Crippen LogP contribution in [0.5, 0.6) is 0 Å². The molecule has 2 atom stereocenters. The van der Waals surface area contributed by atoms with Crippen LogP contribution in [0.1, 0.15) is 5.56 Å². The van der Waals surface area contributed by atoms with Crippen molar-refractivity contribution in [2.24, 2.45) is 4.99 Å². The van der Waals surface area contributed by atoms with Gasteiger partial charge >= 0.3 is 6.18 Å². The summed E-state index contributed by atoms with van der Waals surface area (Å²) in [5.41, 5.74) is -0.460. The fourth-order valence-corrected chi connectivity index (χ4v) is 5.85. The zero-order valence-corrected chi connectivity index (χ0v) is 15.0. The number of aliphatic imine (C=N–C) groups is 1. The number of halogens is 3. The minimum atomic E-state index is -4.46. The molecule has 0 spiro atoms. The fourth-order valence-electron chi connectivity index (χ4n) is 2.98. The van der Waals surface area contributed by atoms with Crippen molar-refractivity contribution in [3.63, 3.8) is 0 Å². The van der Waals surface area contributed by atoms with Gasteiger partial charge in [-0.3, -0.25) is 4.99 Å². The van der Waals surface area contributed by atoms with E-state index in [4.69, 9.17) is 4.74 Å². The fraction of sp³-hybridized carbons (Fsp3) is 0.533. The van der Waals surface area contributed by atoms with E-state index in [1.54, 1.807) is 18.1 Å². The Labute approximate surface area is 148 Å². The van der Waals surface area contributed by atoms with Crippen molar-refractivity contribution in [3.8, 4) is 0 Å². The molecule has 10 heteroatoms. The highest BCUT2D eigenvalue weighted by molar-refractivity contribution is 8.14. The van der Waals surface area contributed by atoms with E-state index < -0.39 is 33.7 Å². The van der Waals surface area contributed by atoms with Gasteiger partial charge in [-0.25, -0.2) is 8.42 Å². The number of fused-ring (bicyclic) bond motifs is 1. The van der Waals surface area contributed by atoms with Gasteiger partial charge in [0.25, 0.3) is 0 Å². The van der Waals surface area contributed by atoms with Crippen molar-refractivity contribution >= 4 is 32.5 Å². The third kappa shape index (κ3) is 3.95. The number of nitrogens with zero attached hydrogens (tertiary/aromatic N) is 2. The second-order valence-electron chi connectivity index (χ2n) is 5.88. The molecular weight excluding hydrogens is 377 g/mol. The van der Waals surface area contributed by atoms with E-state index in [0.29, 0.717) is 23.2 Å². The number of thioether (sulfide) groups is 1. The summed E-state index contributed by atoms with van der Waals surface area (Å²) in [6, 6.07) is 4.02. The molecule has 0 aromatic heterocycles. The highest BCUT2D eigenvalue weighted by atomic mass is 32.2. The molecule has 0 unspecified atom stereocenters. The van der Waals surface area contributed by atoms with Crippen molar-refractivity contribution in [1.29, 1.82) is 0 Å². The highest BCUT2D eigenvalue weighted by Gasteiger charge is 2.47. The molecule has 1 fully saturated rings. The monoisotopic (exact) mass is 394 g/mol. The smallest absolute Gasteiger partial charge is 0.384 e. The van der Waals surface area contributed by atoms with Gasteiger partial charge in [0.1, 0.15) is 0 Å². The number of hydrogen-bond donors (Lipinski definition) is 0. The van der Waals surface area contributed by atoms with E-state index in [1.807, 2.05) is 0 Å². The zero-order valence-electron chi connectivity index (χ0n) is 13.4. The van der Waals surface area contributed by atoms with Crippen molar-refractivity contribution in [2.45, 2.75) is 18.3 Å². The average Bonchev–Trinajstić information content (AvgIpc) is 2.98. The molecule has 2 heterocycles. The number of alkyl halides is 3. The lowest BCUT2D eigenvalue weighted by molar-refractivity contribution is -0.137. The number of hydrogen-bond acceptors (Lipinski definition) is 6. The molecule has 0 saturated carbocycles. The minimum absolute atomic E-state index is 0.0680. The molecule has 2 aliphatic rings. The molecule has 0 bridgehead atoms. The lowest BCUT2D eigenvalue weighted by Crippen LogP contribution is -2.39. The first kappa shape index (κ1) is 18.5. The Morgan fingerprint density at radius 1 is 1.36 bits per heavy atom. The maximum atomic E-state index is 13.0. The van der Waals surface area contributed by atoms with Gasteiger partial charge in [0, 0.05) is 18.6 Å². The van der Waals surface area contributed by atoms with Gasteiger partial charge in [0.05, 0.1) is 35.8 Å². The largest absolute Gasteiger partial charge is 0.416 e. The van der Waals surface area contributed by atoms with Crippen LogP contribution in [0.3, 0.4) is 0 Å². The Hall–Kier alpha value is -1.26. The quantitative estimate of drug-likeness (QED) is 0.734. The first-order valence-electron chi connectivity index (χ1n) is 7.58. The van der Waals surface area contributed by atoms with Gasteiger partial charge in [-0.1, -0.05) is 17.8 Å². The van der Waals surface area contributed by atoms with E-state index in [9.17, 15) is 21.6 Å². The number of amidine groups is 1. The van der Waals surface area contributed by atoms with E-state index in [1.165, 1.54) is 17.8 Å². The molecule has 0 N–H and O–H groups in total. The molecular formula is C15H17F3N2O3S2. The number of ether oxygens (including phenoxy) is 1. The van der Waals surface area contributed by atoms with Crippen molar-refractivity contribution < 1.29 is 26.3 Å². The second-order valence-corrected chi connectivity index (χ2v) is 9.10. The highest BCUT2D eigenvalue weighted by Crippen LogP contribution is 2.37. The van der Waals surface area contributed by atoms with Crippen LogP contribution in [-0.2, 0) is 20.8 Å². The molecule has 3 rings (SSSR count). The predicted molar refractivity (Wildman–Crippen MR) is 91.9 cm³/mol. The lowest BCUT2D eigenvalue weighted by atomic mass is 10.1. The molecule has 1 aromatic rings. The number of benzene rings is 1. The van der Waals surface area contributed by atoms with Crippen LogP contribution < -0.4 is 4.90 Å². The molecule has 2 aliphatic heterocycles. The Kier molecular flexibility index (Phi) is 5.04. The van der Waals surface area contributed by atoms with Gasteiger partial charge in [0.15, 0.2) is 15.0 Å². The van der Waals surface area contributed by atoms with Gasteiger partial charge in [-0.05, 0) is 18.2 Å². The van der Waals surface area contributed by atoms with Gasteiger partial charge in [-0.2, -0.15) is 13.2 Å². The number of methoxy groups -OCH3 is 1. The van der Waals surface area contributed by atoms with E-state index >= 15 is 0 Å². The Morgan fingerprint density at radius 3 is 2.80 bits per heavy atom. The van der Waals surface area contributed by atoms with Gasteiger partial charge < -0.3 is 9.64 Å². The second kappa shape index (κ2) is 6.81. The summed E-state index contributed by atoms with van der Waals surface area (Å²) >= 11 is 1.36. The summed E-state index contributed by atoms with van der Waals surface area (Å²) in [5, 5.41) is 0.543. The summed E-state index contributed by atoms with van der Waals surface area (Å²) < 4.78 is 67.9. The summed E-state index contributed by atoms with van der Waals surface area (Å²) in [6.07, 6.45) is -4.46. The average molecular weight is 394 g/mol. The molecule has 5 nitrogen and oxygen atoms in total. The third-order valence-corrected chi connectivity index (χ3v) is 6.71. The van der Waals surface area contributed by atoms with Crippen LogP contribution in [-0.4, -0.2) is 56.6 Å². The minimum Gasteiger partial charge on any atom is -0.384 e. The van der Waals surface area contributed by atoms with Crippen LogP contribution in [0.25, 0.3) is 0 Å². The first-order chi connectivity index (χ1) is 11.7. The van der Waals surface area contributed by atoms with Crippen LogP contribution in [0, 0.1) is 0 Å². The van der Waals surface area contributed by atoms with Crippen molar-refractivity contribution in [2.75, 3.05) is 35.9 Å². The topological polar surface area (TPSA) is 59.0 Å². The van der Waals surface area contributed by atoms with Crippen molar-refractivity contribution in [1.82, 2.24) is 0 Å². The SMILES string of the molecule is COCCSC1=N[C@H]2CS(=O)(=O)C[C@H]2N1c1cccc(C(F)(F)F)c1. The van der Waals surface area contributed by atoms with Crippen LogP contribution in [0.2, 0.25) is 0 Å². The standard InChI is InChI=1S/C15H17F3N2O3S2/c1-23-5-6-24-14-19-12-8-25(21,22)9-13(12)20(14)11-4-2-3-10(7-11)15(16,17)18/h2-4,7,12-13H,5-6,8-9H2,1H3/t12-,13+/m0/s1. The summed E-state index contributed by atoms with van der Waals surface area (Å²) in [4.78, 5) is 6.09. The normalized spacial score (nSPS) is 25.1. The predicted octanol–water partition coefficient (Wildman–Crippen LogP) is 2.43. The zero-order chi connectivity index (χ0) is 18.2. The molecule has 1 saturated heterocycles. The number of sulfone groups is 1. The van der Waals surface area contributed by atoms with Crippen LogP contribution in [0.15, 0.2) is 29.3 Å². The van der Waals surface area contributed by atoms with Crippen molar-refractivity contribution in [3.05, 3.63) is 29.8 Å². The maximum Gasteiger partial charge on any atom is 0.416 e. The Bertz CT molecular complexity index is 780. The van der Waals surface area contributed by atoms with Gasteiger partial charge in [-0.15, -0.1) is 0 Å². The van der Waals surface area contributed by atoms with E-state index in [-0.39, 0.29) is 11.5 Å². The summed E-state index contributed by atoms with van der Waals surface area (Å²) in [6.45, 7) is 0.466. The van der Waals surface area contributed by atoms with E-state index in [2.05, 4.69) is 4.99 Å². The van der Waals surface area contributed by atoms with Gasteiger partial charge in [0.2, 0.25) is 0 Å². The molecule has 138 valence electrons. The maximum absolute atomic E-state index is 13.0. The van der Waals surface area contributed by atoms with Crippen LogP contribution >= 0.6 is 11.8 Å². The third-order valence-electron chi connectivity index (χ3n) is 4.08. The molecule has 25 heavy (non-hydrogen) atoms. The molecule has 0 aliphatic carbocycles. The number of rotatable bonds is 4. The molecule has 1 aromatic carbocycles. The Morgan fingerprint density at radius 2 is 2.12 bits per heavy atom. The molecule has 0 radical (unpaired) electrons. The molecule has 0 amide bonds. The van der Waals surface area contributed by atoms with E-state index in [0.717, 1.165) is 12.1 Å². The Balaban J connectivity index is 1.94. The van der Waals surface area contributed by atoms with Crippen LogP contribution in [0.4, 0.5) is 18.9 Å².